The number of nitrogens with zero attached hydrogens (tertiary/aromatic N) is 2. The van der Waals surface area contributed by atoms with Crippen LogP contribution in [0.5, 0.6) is 5.75 Å². The van der Waals surface area contributed by atoms with E-state index >= 15 is 0 Å². The van der Waals surface area contributed by atoms with Crippen LogP contribution in [0.15, 0.2) is 170 Å². The summed E-state index contributed by atoms with van der Waals surface area (Å²) in [6, 6.07) is 49.6. The molecular formula is C46H30N2O. The molecule has 1 aromatic heterocycles. The first kappa shape index (κ1) is 27.8. The normalized spacial score (nSPS) is 16.2. The van der Waals surface area contributed by atoms with Crippen LogP contribution in [0, 0.1) is 0 Å². The monoisotopic (exact) mass is 626 g/mol. The summed E-state index contributed by atoms with van der Waals surface area (Å²) >= 11 is 0. The average molecular weight is 627 g/mol. The van der Waals surface area contributed by atoms with E-state index in [1.807, 2.05) is 6.20 Å². The number of hydrogen-bond acceptors (Lipinski definition) is 3. The molecule has 2 aliphatic rings. The maximum Gasteiger partial charge on any atom is 0.132 e. The van der Waals surface area contributed by atoms with Gasteiger partial charge in [-0.3, -0.25) is 4.98 Å². The number of fused-ring (bicyclic) bond motifs is 9. The summed E-state index contributed by atoms with van der Waals surface area (Å²) < 4.78 is 6.52. The van der Waals surface area contributed by atoms with Crippen molar-refractivity contribution < 1.29 is 4.74 Å². The first-order valence-corrected chi connectivity index (χ1v) is 16.8. The van der Waals surface area contributed by atoms with E-state index in [1.54, 1.807) is 0 Å². The second-order valence-electron chi connectivity index (χ2n) is 12.8. The van der Waals surface area contributed by atoms with Crippen molar-refractivity contribution in [1.82, 2.24) is 9.97 Å². The lowest BCUT2D eigenvalue weighted by atomic mass is 9.88. The van der Waals surface area contributed by atoms with Crippen LogP contribution in [-0.4, -0.2) is 16.1 Å². The van der Waals surface area contributed by atoms with Crippen molar-refractivity contribution in [2.45, 2.75) is 12.0 Å². The molecule has 1 aliphatic carbocycles. The number of hydrogen-bond donors (Lipinski definition) is 0. The van der Waals surface area contributed by atoms with Gasteiger partial charge in [0, 0.05) is 33.4 Å². The third-order valence-electron chi connectivity index (χ3n) is 10.1. The van der Waals surface area contributed by atoms with Crippen molar-refractivity contribution in [3.05, 3.63) is 176 Å². The van der Waals surface area contributed by atoms with Crippen molar-refractivity contribution in [3.63, 3.8) is 0 Å². The summed E-state index contributed by atoms with van der Waals surface area (Å²) in [4.78, 5) is 10.1. The molecule has 0 saturated heterocycles. The molecule has 0 spiro atoms. The lowest BCUT2D eigenvalue weighted by Gasteiger charge is -2.15. The van der Waals surface area contributed by atoms with Crippen LogP contribution < -0.4 is 4.74 Å². The fourth-order valence-corrected chi connectivity index (χ4v) is 7.68. The summed E-state index contributed by atoms with van der Waals surface area (Å²) in [5.74, 6) is 1.27. The van der Waals surface area contributed by atoms with Crippen LogP contribution in [0.3, 0.4) is 0 Å². The maximum absolute atomic E-state index is 6.52. The molecule has 230 valence electrons. The highest BCUT2D eigenvalue weighted by Crippen LogP contribution is 2.48. The lowest BCUT2D eigenvalue weighted by Crippen LogP contribution is -2.15. The average Bonchev–Trinajstić information content (AvgIpc) is 3.57. The van der Waals surface area contributed by atoms with E-state index in [1.165, 1.54) is 38.6 Å². The van der Waals surface area contributed by atoms with Gasteiger partial charge >= 0.3 is 0 Å². The highest BCUT2D eigenvalue weighted by Gasteiger charge is 2.34. The lowest BCUT2D eigenvalue weighted by molar-refractivity contribution is 0.270. The second-order valence-corrected chi connectivity index (χ2v) is 12.8. The van der Waals surface area contributed by atoms with Gasteiger partial charge < -0.3 is 4.74 Å². The molecule has 3 nitrogen and oxygen atoms in total. The van der Waals surface area contributed by atoms with Crippen molar-refractivity contribution in [2.75, 3.05) is 0 Å². The molecule has 49 heavy (non-hydrogen) atoms. The summed E-state index contributed by atoms with van der Waals surface area (Å²) in [6.45, 7) is 0. The topological polar surface area (TPSA) is 35.0 Å². The molecule has 0 fully saturated rings. The van der Waals surface area contributed by atoms with Gasteiger partial charge in [-0.15, -0.1) is 0 Å². The SMILES string of the molecule is C1=CC2Oc3c(-c4ccccc4-c4ccc(-c5ccc(-c6cnc7c8ccccc8c8ccccc8c7n6)cc5)cc4)cccc3C2C=C1. The molecule has 2 atom stereocenters. The van der Waals surface area contributed by atoms with Gasteiger partial charge in [-0.25, -0.2) is 4.98 Å². The van der Waals surface area contributed by atoms with Gasteiger partial charge in [0.25, 0.3) is 0 Å². The minimum atomic E-state index is 0.0625. The molecule has 8 aromatic rings. The number of rotatable bonds is 4. The number of allylic oxidation sites excluding steroid dienone is 2. The van der Waals surface area contributed by atoms with E-state index in [0.29, 0.717) is 0 Å². The molecule has 0 amide bonds. The summed E-state index contributed by atoms with van der Waals surface area (Å²) in [7, 11) is 0. The van der Waals surface area contributed by atoms with Gasteiger partial charge in [-0.05, 0) is 44.7 Å². The summed E-state index contributed by atoms with van der Waals surface area (Å²) in [5, 5.41) is 4.66. The van der Waals surface area contributed by atoms with Crippen LogP contribution in [-0.2, 0) is 0 Å². The highest BCUT2D eigenvalue weighted by molar-refractivity contribution is 6.23. The van der Waals surface area contributed by atoms with Gasteiger partial charge in [-0.1, -0.05) is 158 Å². The van der Waals surface area contributed by atoms with E-state index in [2.05, 4.69) is 164 Å². The number of ether oxygens (including phenoxy) is 1. The van der Waals surface area contributed by atoms with Crippen molar-refractivity contribution in [3.8, 4) is 50.4 Å². The van der Waals surface area contributed by atoms with E-state index in [0.717, 1.165) is 49.9 Å². The zero-order valence-corrected chi connectivity index (χ0v) is 26.6. The fraction of sp³-hybridized carbons (Fsp3) is 0.0435. The Labute approximate surface area is 284 Å². The van der Waals surface area contributed by atoms with Gasteiger partial charge in [0.05, 0.1) is 22.9 Å². The van der Waals surface area contributed by atoms with E-state index in [4.69, 9.17) is 14.7 Å². The number of benzene rings is 7. The number of para-hydroxylation sites is 1. The van der Waals surface area contributed by atoms with Crippen molar-refractivity contribution in [1.29, 1.82) is 0 Å². The minimum absolute atomic E-state index is 0.0625. The van der Waals surface area contributed by atoms with Crippen LogP contribution >= 0.6 is 0 Å². The predicted octanol–water partition coefficient (Wildman–Crippen LogP) is 11.6. The molecule has 3 heteroatoms. The maximum atomic E-state index is 6.52. The summed E-state index contributed by atoms with van der Waals surface area (Å²) in [5.41, 5.74) is 12.1. The first-order chi connectivity index (χ1) is 24.3. The molecule has 0 N–H and O–H groups in total. The first-order valence-electron chi connectivity index (χ1n) is 16.8. The molecule has 2 unspecified atom stereocenters. The third-order valence-corrected chi connectivity index (χ3v) is 10.1. The molecule has 0 bridgehead atoms. The molecule has 0 radical (unpaired) electrons. The van der Waals surface area contributed by atoms with E-state index in [-0.39, 0.29) is 12.0 Å². The fourth-order valence-electron chi connectivity index (χ4n) is 7.68. The number of aromatic nitrogens is 2. The van der Waals surface area contributed by atoms with Crippen molar-refractivity contribution in [2.24, 2.45) is 0 Å². The third kappa shape index (κ3) is 4.51. The molecule has 2 heterocycles. The standard InChI is InChI=1S/C46H30N2O/c1-2-11-34(40-17-9-18-41-37-14-7-8-19-43(37)49-46(40)41)33(10-1)31-24-20-29(21-25-31)30-22-26-32(27-23-30)42-28-47-44-38-15-5-3-12-35(38)36-13-4-6-16-39(36)45(44)48-42/h1-28,37,43H. The highest BCUT2D eigenvalue weighted by atomic mass is 16.5. The zero-order valence-electron chi connectivity index (χ0n) is 26.6. The Morgan fingerprint density at radius 3 is 1.76 bits per heavy atom. The van der Waals surface area contributed by atoms with E-state index in [9.17, 15) is 0 Å². The second kappa shape index (κ2) is 11.1. The Morgan fingerprint density at radius 1 is 0.449 bits per heavy atom. The van der Waals surface area contributed by atoms with Crippen molar-refractivity contribution >= 4 is 32.6 Å². The Balaban J connectivity index is 0.969. The van der Waals surface area contributed by atoms with Crippen LogP contribution in [0.4, 0.5) is 0 Å². The minimum Gasteiger partial charge on any atom is -0.484 e. The molecule has 0 saturated carbocycles. The van der Waals surface area contributed by atoms with Gasteiger partial charge in [-0.2, -0.15) is 0 Å². The van der Waals surface area contributed by atoms with Gasteiger partial charge in [0.2, 0.25) is 0 Å². The van der Waals surface area contributed by atoms with E-state index < -0.39 is 0 Å². The Morgan fingerprint density at radius 2 is 1.02 bits per heavy atom. The van der Waals surface area contributed by atoms with Crippen LogP contribution in [0.1, 0.15) is 11.5 Å². The largest absolute Gasteiger partial charge is 0.484 e. The molecular weight excluding hydrogens is 597 g/mol. The van der Waals surface area contributed by atoms with Crippen LogP contribution in [0.25, 0.3) is 77.2 Å². The smallest absolute Gasteiger partial charge is 0.132 e. The quantitative estimate of drug-likeness (QED) is 0.182. The predicted molar refractivity (Wildman–Crippen MR) is 202 cm³/mol. The zero-order chi connectivity index (χ0) is 32.3. The Kier molecular flexibility index (Phi) is 6.31. The molecule has 10 rings (SSSR count). The van der Waals surface area contributed by atoms with Gasteiger partial charge in [0.1, 0.15) is 11.9 Å². The Hall–Kier alpha value is -6.32. The summed E-state index contributed by atoms with van der Waals surface area (Å²) in [6.07, 6.45) is 10.6. The molecule has 1 aliphatic heterocycles. The van der Waals surface area contributed by atoms with Crippen LogP contribution in [0.2, 0.25) is 0 Å². The Bertz CT molecular complexity index is 2600. The molecule has 7 aromatic carbocycles. The van der Waals surface area contributed by atoms with Gasteiger partial charge in [0.15, 0.2) is 0 Å².